The van der Waals surface area contributed by atoms with E-state index in [-0.39, 0.29) is 0 Å². The molecule has 94 valence electrons. The molecule has 1 heterocycles. The van der Waals surface area contributed by atoms with Crippen LogP contribution in [0.1, 0.15) is 39.0 Å². The molecule has 0 aromatic heterocycles. The summed E-state index contributed by atoms with van der Waals surface area (Å²) in [5.74, 6) is 0. The monoisotopic (exact) mass is 289 g/mol. The van der Waals surface area contributed by atoms with Gasteiger partial charge in [-0.05, 0) is 31.6 Å². The van der Waals surface area contributed by atoms with Gasteiger partial charge in [0.25, 0.3) is 0 Å². The smallest absolute Gasteiger partial charge is 0.0673 e. The number of hydrogen-bond donors (Lipinski definition) is 0. The van der Waals surface area contributed by atoms with Crippen molar-refractivity contribution in [3.05, 3.63) is 0 Å². The Hall–Kier alpha value is 0.400. The lowest BCUT2D eigenvalue weighted by atomic mass is 9.88. The normalized spacial score (nSPS) is 31.5. The van der Waals surface area contributed by atoms with Crippen LogP contribution in [0.15, 0.2) is 0 Å². The lowest BCUT2D eigenvalue weighted by Gasteiger charge is -2.34. The van der Waals surface area contributed by atoms with Crippen molar-refractivity contribution in [1.82, 2.24) is 4.90 Å². The second kappa shape index (κ2) is 5.83. The minimum Gasteiger partial charge on any atom is -0.377 e. The van der Waals surface area contributed by atoms with Gasteiger partial charge in [0.2, 0.25) is 0 Å². The van der Waals surface area contributed by atoms with E-state index in [1.54, 1.807) is 0 Å². The second-order valence-corrected chi connectivity index (χ2v) is 6.17. The van der Waals surface area contributed by atoms with Gasteiger partial charge in [-0.1, -0.05) is 28.8 Å². The fourth-order valence-corrected chi connectivity index (χ4v) is 3.90. The van der Waals surface area contributed by atoms with Crippen LogP contribution < -0.4 is 0 Å². The topological polar surface area (TPSA) is 12.5 Å². The lowest BCUT2D eigenvalue weighted by Crippen LogP contribution is -2.40. The summed E-state index contributed by atoms with van der Waals surface area (Å²) >= 11 is 3.74. The highest BCUT2D eigenvalue weighted by Crippen LogP contribution is 2.40. The molecule has 0 radical (unpaired) electrons. The third-order valence-corrected chi connectivity index (χ3v) is 5.23. The van der Waals surface area contributed by atoms with Gasteiger partial charge in [0, 0.05) is 31.6 Å². The van der Waals surface area contributed by atoms with Crippen LogP contribution in [0, 0.1) is 5.41 Å². The fraction of sp³-hybridized carbons (Fsp3) is 1.00. The summed E-state index contributed by atoms with van der Waals surface area (Å²) in [4.78, 5) is 2.63. The van der Waals surface area contributed by atoms with Crippen molar-refractivity contribution >= 4 is 15.9 Å². The minimum absolute atomic E-state index is 0.413. The van der Waals surface area contributed by atoms with Gasteiger partial charge in [-0.2, -0.15) is 0 Å². The SMILES string of the molecule is CC1CN(CC2(CBr)CCCC2)CCCO1. The fourth-order valence-electron chi connectivity index (χ4n) is 3.16. The van der Waals surface area contributed by atoms with Crippen molar-refractivity contribution in [2.45, 2.75) is 45.1 Å². The van der Waals surface area contributed by atoms with Gasteiger partial charge < -0.3 is 9.64 Å². The first-order chi connectivity index (χ1) is 7.74. The molecule has 0 aromatic carbocycles. The maximum atomic E-state index is 5.71. The van der Waals surface area contributed by atoms with Gasteiger partial charge in [-0.15, -0.1) is 0 Å². The molecule has 2 nitrogen and oxygen atoms in total. The summed E-state index contributed by atoms with van der Waals surface area (Å²) in [7, 11) is 0. The van der Waals surface area contributed by atoms with Gasteiger partial charge >= 0.3 is 0 Å². The summed E-state index contributed by atoms with van der Waals surface area (Å²) in [6.45, 7) is 6.76. The first-order valence-electron chi connectivity index (χ1n) is 6.64. The Kier molecular flexibility index (Phi) is 4.68. The average molecular weight is 290 g/mol. The van der Waals surface area contributed by atoms with Crippen molar-refractivity contribution in [1.29, 1.82) is 0 Å². The Morgan fingerprint density at radius 1 is 1.31 bits per heavy atom. The number of alkyl halides is 1. The molecule has 0 bridgehead atoms. The Balaban J connectivity index is 1.91. The highest BCUT2D eigenvalue weighted by atomic mass is 79.9. The summed E-state index contributed by atoms with van der Waals surface area (Å²) in [6.07, 6.45) is 7.27. The molecule has 0 aromatic rings. The molecule has 1 atom stereocenters. The summed E-state index contributed by atoms with van der Waals surface area (Å²) in [6, 6.07) is 0. The number of rotatable bonds is 3. The molecule has 0 N–H and O–H groups in total. The molecular formula is C13H24BrNO. The third kappa shape index (κ3) is 3.21. The molecular weight excluding hydrogens is 266 g/mol. The molecule has 1 unspecified atom stereocenters. The predicted molar refractivity (Wildman–Crippen MR) is 71.2 cm³/mol. The van der Waals surface area contributed by atoms with Gasteiger partial charge in [0.15, 0.2) is 0 Å². The predicted octanol–water partition coefficient (Wildman–Crippen LogP) is 3.05. The Morgan fingerprint density at radius 3 is 2.75 bits per heavy atom. The zero-order chi connectivity index (χ0) is 11.4. The van der Waals surface area contributed by atoms with Crippen molar-refractivity contribution in [2.75, 3.05) is 31.6 Å². The van der Waals surface area contributed by atoms with Crippen LogP contribution in [0.2, 0.25) is 0 Å². The van der Waals surface area contributed by atoms with Gasteiger partial charge in [-0.25, -0.2) is 0 Å². The lowest BCUT2D eigenvalue weighted by molar-refractivity contribution is 0.0613. The van der Waals surface area contributed by atoms with Crippen molar-refractivity contribution < 1.29 is 4.74 Å². The van der Waals surface area contributed by atoms with E-state index in [9.17, 15) is 0 Å². The molecule has 16 heavy (non-hydrogen) atoms. The minimum atomic E-state index is 0.413. The van der Waals surface area contributed by atoms with E-state index in [2.05, 4.69) is 27.8 Å². The quantitative estimate of drug-likeness (QED) is 0.741. The zero-order valence-corrected chi connectivity index (χ0v) is 12.0. The van der Waals surface area contributed by atoms with Crippen molar-refractivity contribution in [3.63, 3.8) is 0 Å². The molecule has 0 amide bonds. The maximum absolute atomic E-state index is 5.71. The van der Waals surface area contributed by atoms with E-state index in [4.69, 9.17) is 4.74 Å². The summed E-state index contributed by atoms with van der Waals surface area (Å²) in [5.41, 5.74) is 0.560. The Labute approximate surface area is 108 Å². The molecule has 1 aliphatic heterocycles. The van der Waals surface area contributed by atoms with Crippen LogP contribution in [-0.4, -0.2) is 42.6 Å². The molecule has 2 aliphatic rings. The van der Waals surface area contributed by atoms with Crippen LogP contribution in [0.4, 0.5) is 0 Å². The van der Waals surface area contributed by atoms with E-state index in [0.29, 0.717) is 11.5 Å². The largest absolute Gasteiger partial charge is 0.377 e. The van der Waals surface area contributed by atoms with Crippen LogP contribution in [0.25, 0.3) is 0 Å². The van der Waals surface area contributed by atoms with Gasteiger partial charge in [0.1, 0.15) is 0 Å². The highest BCUT2D eigenvalue weighted by Gasteiger charge is 2.35. The van der Waals surface area contributed by atoms with E-state index >= 15 is 0 Å². The van der Waals surface area contributed by atoms with Crippen LogP contribution in [0.3, 0.4) is 0 Å². The molecule has 2 fully saturated rings. The van der Waals surface area contributed by atoms with Crippen LogP contribution >= 0.6 is 15.9 Å². The average Bonchev–Trinajstić information content (AvgIpc) is 2.64. The maximum Gasteiger partial charge on any atom is 0.0673 e. The number of halogens is 1. The molecule has 3 heteroatoms. The van der Waals surface area contributed by atoms with Gasteiger partial charge in [-0.3, -0.25) is 0 Å². The van der Waals surface area contributed by atoms with E-state index in [1.165, 1.54) is 50.5 Å². The van der Waals surface area contributed by atoms with Crippen molar-refractivity contribution in [3.8, 4) is 0 Å². The van der Waals surface area contributed by atoms with Crippen molar-refractivity contribution in [2.24, 2.45) is 5.41 Å². The van der Waals surface area contributed by atoms with E-state index in [1.807, 2.05) is 0 Å². The molecule has 1 aliphatic carbocycles. The molecule has 1 saturated carbocycles. The van der Waals surface area contributed by atoms with Crippen LogP contribution in [0.5, 0.6) is 0 Å². The summed E-state index contributed by atoms with van der Waals surface area (Å²) < 4.78 is 5.71. The zero-order valence-electron chi connectivity index (χ0n) is 10.4. The molecule has 2 rings (SSSR count). The number of hydrogen-bond acceptors (Lipinski definition) is 2. The van der Waals surface area contributed by atoms with E-state index < -0.39 is 0 Å². The number of ether oxygens (including phenoxy) is 1. The third-order valence-electron chi connectivity index (χ3n) is 4.04. The number of nitrogens with zero attached hydrogens (tertiary/aromatic N) is 1. The molecule has 0 spiro atoms. The Bertz CT molecular complexity index is 216. The van der Waals surface area contributed by atoms with Crippen LogP contribution in [-0.2, 0) is 4.74 Å². The standard InChI is InChI=1S/C13H24BrNO/c1-12-9-15(7-4-8-16-12)11-13(10-14)5-2-3-6-13/h12H,2-11H2,1H3. The molecule has 1 saturated heterocycles. The first kappa shape index (κ1) is 12.8. The van der Waals surface area contributed by atoms with E-state index in [0.717, 1.165) is 13.2 Å². The second-order valence-electron chi connectivity index (χ2n) is 5.61. The summed E-state index contributed by atoms with van der Waals surface area (Å²) in [5, 5.41) is 1.17. The highest BCUT2D eigenvalue weighted by molar-refractivity contribution is 9.09. The van der Waals surface area contributed by atoms with Gasteiger partial charge in [0.05, 0.1) is 6.10 Å². The first-order valence-corrected chi connectivity index (χ1v) is 7.76. The Morgan fingerprint density at radius 2 is 2.06 bits per heavy atom.